The van der Waals surface area contributed by atoms with Crippen LogP contribution in [0.5, 0.6) is 11.5 Å². The molecule has 0 radical (unpaired) electrons. The highest BCUT2D eigenvalue weighted by atomic mass is 16.5. The summed E-state index contributed by atoms with van der Waals surface area (Å²) in [6, 6.07) is 5.91. The maximum absolute atomic E-state index is 6.22. The first-order chi connectivity index (χ1) is 8.15. The molecule has 2 unspecified atom stereocenters. The molecular weight excluding hydrogens is 214 g/mol. The van der Waals surface area contributed by atoms with Crippen LogP contribution in [0, 0.1) is 5.92 Å². The second-order valence-corrected chi connectivity index (χ2v) is 4.79. The van der Waals surface area contributed by atoms with Crippen LogP contribution in [0.15, 0.2) is 18.2 Å². The van der Waals surface area contributed by atoms with Gasteiger partial charge in [-0.1, -0.05) is 20.3 Å². The molecule has 1 aromatic carbocycles. The molecule has 2 N–H and O–H groups in total. The van der Waals surface area contributed by atoms with E-state index in [9.17, 15) is 0 Å². The molecule has 2 rings (SSSR count). The molecule has 3 atom stereocenters. The number of hydrogen-bond donors (Lipinski definition) is 1. The van der Waals surface area contributed by atoms with Gasteiger partial charge in [0.2, 0.25) is 0 Å². The lowest BCUT2D eigenvalue weighted by Gasteiger charge is -2.33. The highest BCUT2D eigenvalue weighted by molar-refractivity contribution is 5.43. The molecule has 3 heteroatoms. The zero-order valence-corrected chi connectivity index (χ0v) is 10.8. The minimum absolute atomic E-state index is 0.0489. The van der Waals surface area contributed by atoms with Crippen LogP contribution < -0.4 is 15.2 Å². The van der Waals surface area contributed by atoms with Gasteiger partial charge in [-0.15, -0.1) is 0 Å². The SMILES string of the molecule is CCC(C)C1C[C@@H](N)c2cc(OC)ccc2O1. The van der Waals surface area contributed by atoms with Gasteiger partial charge in [0.15, 0.2) is 0 Å². The molecule has 0 saturated carbocycles. The summed E-state index contributed by atoms with van der Waals surface area (Å²) < 4.78 is 11.2. The average molecular weight is 235 g/mol. The first-order valence-corrected chi connectivity index (χ1v) is 6.25. The van der Waals surface area contributed by atoms with Crippen LogP contribution in [-0.2, 0) is 0 Å². The molecule has 1 heterocycles. The van der Waals surface area contributed by atoms with Crippen LogP contribution in [0.25, 0.3) is 0 Å². The Morgan fingerprint density at radius 1 is 1.53 bits per heavy atom. The van der Waals surface area contributed by atoms with Crippen molar-refractivity contribution in [1.29, 1.82) is 0 Å². The van der Waals surface area contributed by atoms with Crippen LogP contribution in [0.2, 0.25) is 0 Å². The zero-order valence-electron chi connectivity index (χ0n) is 10.8. The second-order valence-electron chi connectivity index (χ2n) is 4.79. The third-order valence-electron chi connectivity index (χ3n) is 3.66. The summed E-state index contributed by atoms with van der Waals surface area (Å²) in [6.45, 7) is 4.40. The topological polar surface area (TPSA) is 44.5 Å². The Bertz CT molecular complexity index is 392. The van der Waals surface area contributed by atoms with Crippen molar-refractivity contribution in [3.05, 3.63) is 23.8 Å². The van der Waals surface area contributed by atoms with E-state index in [1.165, 1.54) is 0 Å². The van der Waals surface area contributed by atoms with E-state index >= 15 is 0 Å². The third kappa shape index (κ3) is 2.39. The predicted molar refractivity (Wildman–Crippen MR) is 68.4 cm³/mol. The van der Waals surface area contributed by atoms with Gasteiger partial charge in [0, 0.05) is 18.0 Å². The van der Waals surface area contributed by atoms with Gasteiger partial charge in [0.25, 0.3) is 0 Å². The maximum Gasteiger partial charge on any atom is 0.124 e. The molecular formula is C14H21NO2. The van der Waals surface area contributed by atoms with Gasteiger partial charge in [0.1, 0.15) is 17.6 Å². The van der Waals surface area contributed by atoms with Gasteiger partial charge in [-0.2, -0.15) is 0 Å². The first kappa shape index (κ1) is 12.2. The smallest absolute Gasteiger partial charge is 0.124 e. The van der Waals surface area contributed by atoms with Crippen LogP contribution in [0.1, 0.15) is 38.3 Å². The quantitative estimate of drug-likeness (QED) is 0.876. The maximum atomic E-state index is 6.22. The summed E-state index contributed by atoms with van der Waals surface area (Å²) >= 11 is 0. The molecule has 94 valence electrons. The van der Waals surface area contributed by atoms with Crippen molar-refractivity contribution in [3.63, 3.8) is 0 Å². The molecule has 0 amide bonds. The molecule has 0 saturated heterocycles. The lowest BCUT2D eigenvalue weighted by molar-refractivity contribution is 0.105. The van der Waals surface area contributed by atoms with Crippen molar-refractivity contribution in [2.45, 2.75) is 38.8 Å². The monoisotopic (exact) mass is 235 g/mol. The molecule has 0 fully saturated rings. The van der Waals surface area contributed by atoms with E-state index in [-0.39, 0.29) is 12.1 Å². The average Bonchev–Trinajstić information content (AvgIpc) is 2.37. The van der Waals surface area contributed by atoms with Crippen LogP contribution in [0.3, 0.4) is 0 Å². The summed E-state index contributed by atoms with van der Waals surface area (Å²) in [5.74, 6) is 2.29. The number of rotatable bonds is 3. The van der Waals surface area contributed by atoms with Crippen molar-refractivity contribution in [2.75, 3.05) is 7.11 Å². The Morgan fingerprint density at radius 2 is 2.29 bits per heavy atom. The van der Waals surface area contributed by atoms with Gasteiger partial charge >= 0.3 is 0 Å². The molecule has 0 spiro atoms. The summed E-state index contributed by atoms with van der Waals surface area (Å²) in [5, 5.41) is 0. The van der Waals surface area contributed by atoms with Gasteiger partial charge in [-0.3, -0.25) is 0 Å². The van der Waals surface area contributed by atoms with Gasteiger partial charge in [0.05, 0.1) is 7.11 Å². The van der Waals surface area contributed by atoms with Crippen molar-refractivity contribution in [1.82, 2.24) is 0 Å². The van der Waals surface area contributed by atoms with E-state index in [1.54, 1.807) is 7.11 Å². The van der Waals surface area contributed by atoms with Crippen molar-refractivity contribution < 1.29 is 9.47 Å². The van der Waals surface area contributed by atoms with E-state index in [4.69, 9.17) is 15.2 Å². The largest absolute Gasteiger partial charge is 0.497 e. The van der Waals surface area contributed by atoms with Gasteiger partial charge in [-0.05, 0) is 24.1 Å². The summed E-state index contributed by atoms with van der Waals surface area (Å²) in [5.41, 5.74) is 7.28. The number of hydrogen-bond acceptors (Lipinski definition) is 3. The highest BCUT2D eigenvalue weighted by Crippen LogP contribution is 2.38. The Kier molecular flexibility index (Phi) is 3.57. The van der Waals surface area contributed by atoms with Crippen LogP contribution in [0.4, 0.5) is 0 Å². The van der Waals surface area contributed by atoms with E-state index in [0.717, 1.165) is 29.9 Å². The first-order valence-electron chi connectivity index (χ1n) is 6.25. The number of methoxy groups -OCH3 is 1. The molecule has 0 aliphatic carbocycles. The number of benzene rings is 1. The molecule has 0 aromatic heterocycles. The molecule has 1 aromatic rings. The number of ether oxygens (including phenoxy) is 2. The lowest BCUT2D eigenvalue weighted by atomic mass is 9.90. The van der Waals surface area contributed by atoms with Crippen LogP contribution >= 0.6 is 0 Å². The van der Waals surface area contributed by atoms with Gasteiger partial charge < -0.3 is 15.2 Å². The van der Waals surface area contributed by atoms with Crippen molar-refractivity contribution in [2.24, 2.45) is 11.7 Å². The number of nitrogens with two attached hydrogens (primary N) is 1. The molecule has 17 heavy (non-hydrogen) atoms. The van der Waals surface area contributed by atoms with E-state index in [0.29, 0.717) is 5.92 Å². The zero-order chi connectivity index (χ0) is 12.4. The van der Waals surface area contributed by atoms with E-state index in [1.807, 2.05) is 18.2 Å². The fourth-order valence-electron chi connectivity index (χ4n) is 2.25. The molecule has 1 aliphatic rings. The minimum Gasteiger partial charge on any atom is -0.497 e. The highest BCUT2D eigenvalue weighted by Gasteiger charge is 2.29. The minimum atomic E-state index is 0.0489. The second kappa shape index (κ2) is 4.96. The fraction of sp³-hybridized carbons (Fsp3) is 0.571. The molecule has 0 bridgehead atoms. The third-order valence-corrected chi connectivity index (χ3v) is 3.66. The Morgan fingerprint density at radius 3 is 2.94 bits per heavy atom. The van der Waals surface area contributed by atoms with Gasteiger partial charge in [-0.25, -0.2) is 0 Å². The predicted octanol–water partition coefficient (Wildman–Crippen LogP) is 2.89. The molecule has 1 aliphatic heterocycles. The molecule has 3 nitrogen and oxygen atoms in total. The Labute approximate surface area is 103 Å². The summed E-state index contributed by atoms with van der Waals surface area (Å²) in [7, 11) is 1.67. The summed E-state index contributed by atoms with van der Waals surface area (Å²) in [6.07, 6.45) is 2.23. The summed E-state index contributed by atoms with van der Waals surface area (Å²) in [4.78, 5) is 0. The lowest BCUT2D eigenvalue weighted by Crippen LogP contribution is -2.34. The Balaban J connectivity index is 2.25. The standard InChI is InChI=1S/C14H21NO2/c1-4-9(2)14-8-12(15)11-7-10(16-3)5-6-13(11)17-14/h5-7,9,12,14H,4,8,15H2,1-3H3/t9?,12-,14?/m1/s1. The normalized spacial score (nSPS) is 24.7. The van der Waals surface area contributed by atoms with Crippen molar-refractivity contribution in [3.8, 4) is 11.5 Å². The van der Waals surface area contributed by atoms with Crippen molar-refractivity contribution >= 4 is 0 Å². The van der Waals surface area contributed by atoms with Crippen LogP contribution in [-0.4, -0.2) is 13.2 Å². The fourth-order valence-corrected chi connectivity index (χ4v) is 2.25. The van der Waals surface area contributed by atoms with E-state index < -0.39 is 0 Å². The number of fused-ring (bicyclic) bond motifs is 1. The van der Waals surface area contributed by atoms with E-state index in [2.05, 4.69) is 13.8 Å². The Hall–Kier alpha value is -1.22.